The molecule has 1 aliphatic carbocycles. The molecule has 0 saturated carbocycles. The average Bonchev–Trinajstić information content (AvgIpc) is 3.12. The van der Waals surface area contributed by atoms with Gasteiger partial charge in [0.15, 0.2) is 0 Å². The first-order valence-corrected chi connectivity index (χ1v) is 11.6. The number of hydrogen-bond donors (Lipinski definition) is 3. The summed E-state index contributed by atoms with van der Waals surface area (Å²) in [7, 11) is 0. The van der Waals surface area contributed by atoms with E-state index in [4.69, 9.17) is 9.84 Å². The van der Waals surface area contributed by atoms with Crippen LogP contribution in [0.3, 0.4) is 0 Å². The number of aliphatic carboxylic acids is 1. The number of carbonyl (C=O) groups is 3. The van der Waals surface area contributed by atoms with Crippen molar-refractivity contribution in [2.45, 2.75) is 32.6 Å². The number of nitrogens with one attached hydrogen (secondary N) is 2. The van der Waals surface area contributed by atoms with Crippen LogP contribution in [-0.4, -0.2) is 42.8 Å². The highest BCUT2D eigenvalue weighted by Crippen LogP contribution is 2.44. The van der Waals surface area contributed by atoms with Crippen LogP contribution in [0.15, 0.2) is 60.7 Å². The Bertz CT molecular complexity index is 1000. The highest BCUT2D eigenvalue weighted by Gasteiger charge is 2.29. The van der Waals surface area contributed by atoms with Crippen molar-refractivity contribution in [3.8, 4) is 11.1 Å². The predicted molar refractivity (Wildman–Crippen MR) is 130 cm³/mol. The molecular formula is C27H32N2O5. The second-order valence-corrected chi connectivity index (χ2v) is 8.95. The largest absolute Gasteiger partial charge is 0.478 e. The maximum absolute atomic E-state index is 12.5. The molecule has 7 nitrogen and oxygen atoms in total. The number of carboxylic acids is 1. The van der Waals surface area contributed by atoms with Crippen molar-refractivity contribution in [2.75, 3.05) is 19.7 Å². The molecule has 0 bridgehead atoms. The summed E-state index contributed by atoms with van der Waals surface area (Å²) in [4.78, 5) is 35.2. The lowest BCUT2D eigenvalue weighted by molar-refractivity contribution is -0.131. The summed E-state index contributed by atoms with van der Waals surface area (Å²) < 4.78 is 5.59. The van der Waals surface area contributed by atoms with E-state index in [2.05, 4.69) is 48.7 Å². The number of carbonyl (C=O) groups excluding carboxylic acids is 2. The molecule has 2 amide bonds. The molecule has 0 spiro atoms. The summed E-state index contributed by atoms with van der Waals surface area (Å²) in [5.74, 6) is -0.943. The Labute approximate surface area is 200 Å². The Morgan fingerprint density at radius 1 is 1.00 bits per heavy atom. The molecule has 2 aromatic rings. The third-order valence-corrected chi connectivity index (χ3v) is 5.84. The lowest BCUT2D eigenvalue weighted by Gasteiger charge is -2.20. The van der Waals surface area contributed by atoms with Crippen molar-refractivity contribution in [3.63, 3.8) is 0 Å². The van der Waals surface area contributed by atoms with E-state index in [-0.39, 0.29) is 37.3 Å². The Hall–Kier alpha value is -3.61. The molecule has 7 heteroatoms. The first kappa shape index (κ1) is 25.0. The minimum absolute atomic E-state index is 0.00533. The molecule has 2 aromatic carbocycles. The van der Waals surface area contributed by atoms with Gasteiger partial charge in [-0.25, -0.2) is 9.59 Å². The topological polar surface area (TPSA) is 105 Å². The first-order chi connectivity index (χ1) is 16.3. The van der Waals surface area contributed by atoms with Crippen LogP contribution in [-0.2, 0) is 14.3 Å². The van der Waals surface area contributed by atoms with Gasteiger partial charge in [-0.05, 0) is 40.5 Å². The van der Waals surface area contributed by atoms with E-state index in [0.717, 1.165) is 23.6 Å². The van der Waals surface area contributed by atoms with E-state index in [1.165, 1.54) is 17.2 Å². The molecule has 0 unspecified atom stereocenters. The van der Waals surface area contributed by atoms with Crippen molar-refractivity contribution >= 4 is 18.0 Å². The van der Waals surface area contributed by atoms with E-state index >= 15 is 0 Å². The van der Waals surface area contributed by atoms with Crippen molar-refractivity contribution in [2.24, 2.45) is 11.8 Å². The number of carboxylic acid groups (broad SMARTS) is 1. The van der Waals surface area contributed by atoms with Crippen LogP contribution in [0.2, 0.25) is 0 Å². The maximum Gasteiger partial charge on any atom is 0.407 e. The van der Waals surface area contributed by atoms with Gasteiger partial charge in [0.1, 0.15) is 6.61 Å². The van der Waals surface area contributed by atoms with Crippen molar-refractivity contribution in [1.29, 1.82) is 0 Å². The number of hydrogen-bond acceptors (Lipinski definition) is 4. The summed E-state index contributed by atoms with van der Waals surface area (Å²) in [6.45, 7) is 4.85. The van der Waals surface area contributed by atoms with E-state index in [1.54, 1.807) is 0 Å². The van der Waals surface area contributed by atoms with Crippen LogP contribution < -0.4 is 10.6 Å². The zero-order valence-corrected chi connectivity index (χ0v) is 19.6. The maximum atomic E-state index is 12.5. The molecule has 3 rings (SSSR count). The fourth-order valence-electron chi connectivity index (χ4n) is 4.45. The van der Waals surface area contributed by atoms with Crippen LogP contribution in [0.1, 0.15) is 43.7 Å². The van der Waals surface area contributed by atoms with Crippen LogP contribution in [0, 0.1) is 11.8 Å². The molecule has 0 aliphatic heterocycles. The van der Waals surface area contributed by atoms with Crippen molar-refractivity contribution in [3.05, 3.63) is 71.8 Å². The van der Waals surface area contributed by atoms with E-state index in [1.807, 2.05) is 24.3 Å². The monoisotopic (exact) mass is 464 g/mol. The SMILES string of the molecule is CC(C)C[C@H](CNC(=O)OCC1c2ccccc2-c2ccccc21)CC(=O)NC/C=C/C(=O)O. The quantitative estimate of drug-likeness (QED) is 0.429. The van der Waals surface area contributed by atoms with Gasteiger partial charge in [-0.2, -0.15) is 0 Å². The number of amides is 2. The van der Waals surface area contributed by atoms with Gasteiger partial charge in [0.25, 0.3) is 0 Å². The van der Waals surface area contributed by atoms with Gasteiger partial charge in [0.05, 0.1) is 0 Å². The average molecular weight is 465 g/mol. The lowest BCUT2D eigenvalue weighted by atomic mass is 9.94. The van der Waals surface area contributed by atoms with Gasteiger partial charge in [0.2, 0.25) is 5.91 Å². The summed E-state index contributed by atoms with van der Waals surface area (Å²) in [6, 6.07) is 16.3. The molecule has 180 valence electrons. The van der Waals surface area contributed by atoms with Gasteiger partial charge < -0.3 is 20.5 Å². The number of benzene rings is 2. The Balaban J connectivity index is 1.51. The normalized spacial score (nSPS) is 13.4. The number of ether oxygens (including phenoxy) is 1. The fraction of sp³-hybridized carbons (Fsp3) is 0.370. The standard InChI is InChI=1S/C27H32N2O5/c1-18(2)14-19(15-25(30)28-13-7-12-26(31)32)16-29-27(33)34-17-24-22-10-5-3-8-20(22)21-9-4-6-11-23(21)24/h3-12,18-19,24H,13-17H2,1-2H3,(H,28,30)(H,29,33)(H,31,32)/b12-7+/t19-/m0/s1. The molecule has 1 atom stereocenters. The van der Waals surface area contributed by atoms with Crippen LogP contribution in [0.4, 0.5) is 4.79 Å². The smallest absolute Gasteiger partial charge is 0.407 e. The number of fused-ring (bicyclic) bond motifs is 3. The zero-order valence-electron chi connectivity index (χ0n) is 19.6. The molecule has 0 heterocycles. The van der Waals surface area contributed by atoms with Crippen molar-refractivity contribution in [1.82, 2.24) is 10.6 Å². The highest BCUT2D eigenvalue weighted by molar-refractivity contribution is 5.80. The molecule has 1 aliphatic rings. The van der Waals surface area contributed by atoms with Crippen LogP contribution in [0.25, 0.3) is 11.1 Å². The Kier molecular flexibility index (Phi) is 8.85. The molecule has 0 fully saturated rings. The summed E-state index contributed by atoms with van der Waals surface area (Å²) in [6.07, 6.45) is 2.88. The van der Waals surface area contributed by atoms with Gasteiger partial charge in [-0.1, -0.05) is 68.5 Å². The number of rotatable bonds is 11. The van der Waals surface area contributed by atoms with Gasteiger partial charge in [-0.15, -0.1) is 0 Å². The zero-order chi connectivity index (χ0) is 24.5. The Morgan fingerprint density at radius 3 is 2.21 bits per heavy atom. The second-order valence-electron chi connectivity index (χ2n) is 8.95. The summed E-state index contributed by atoms with van der Waals surface area (Å²) in [5.41, 5.74) is 4.66. The van der Waals surface area contributed by atoms with Gasteiger partial charge in [-0.3, -0.25) is 4.79 Å². The predicted octanol–water partition coefficient (Wildman–Crippen LogP) is 4.33. The third-order valence-electron chi connectivity index (χ3n) is 5.84. The van der Waals surface area contributed by atoms with E-state index in [9.17, 15) is 14.4 Å². The van der Waals surface area contributed by atoms with E-state index < -0.39 is 12.1 Å². The fourth-order valence-corrected chi connectivity index (χ4v) is 4.45. The van der Waals surface area contributed by atoms with E-state index in [0.29, 0.717) is 12.5 Å². The van der Waals surface area contributed by atoms with Crippen LogP contribution >= 0.6 is 0 Å². The third kappa shape index (κ3) is 6.94. The first-order valence-electron chi connectivity index (χ1n) is 11.6. The number of alkyl carbamates (subject to hydrolysis) is 1. The molecule has 0 saturated heterocycles. The highest BCUT2D eigenvalue weighted by atomic mass is 16.5. The second kappa shape index (κ2) is 12.0. The lowest BCUT2D eigenvalue weighted by Crippen LogP contribution is -2.34. The molecular weight excluding hydrogens is 432 g/mol. The minimum Gasteiger partial charge on any atom is -0.478 e. The summed E-state index contributed by atoms with van der Waals surface area (Å²) >= 11 is 0. The Morgan fingerprint density at radius 2 is 1.62 bits per heavy atom. The summed E-state index contributed by atoms with van der Waals surface area (Å²) in [5, 5.41) is 14.1. The van der Waals surface area contributed by atoms with Gasteiger partial charge >= 0.3 is 12.1 Å². The molecule has 0 aromatic heterocycles. The van der Waals surface area contributed by atoms with Crippen molar-refractivity contribution < 1.29 is 24.2 Å². The van der Waals surface area contributed by atoms with Gasteiger partial charge in [0, 0.05) is 31.5 Å². The molecule has 34 heavy (non-hydrogen) atoms. The molecule has 0 radical (unpaired) electrons. The molecule has 3 N–H and O–H groups in total. The minimum atomic E-state index is -1.06. The van der Waals surface area contributed by atoms with Crippen LogP contribution in [0.5, 0.6) is 0 Å².